The molecular formula is C9H12FN3O2S. The molecule has 1 saturated carbocycles. The van der Waals surface area contributed by atoms with Gasteiger partial charge < -0.3 is 0 Å². The Morgan fingerprint density at radius 2 is 2.12 bits per heavy atom. The van der Waals surface area contributed by atoms with Crippen LogP contribution in [0.15, 0.2) is 6.07 Å². The van der Waals surface area contributed by atoms with Crippen molar-refractivity contribution in [1.82, 2.24) is 14.1 Å². The van der Waals surface area contributed by atoms with Gasteiger partial charge in [-0.2, -0.15) is 17.8 Å². The first-order valence-corrected chi connectivity index (χ1v) is 6.64. The lowest BCUT2D eigenvalue weighted by Crippen LogP contribution is -2.36. The van der Waals surface area contributed by atoms with Crippen LogP contribution in [0.3, 0.4) is 0 Å². The lowest BCUT2D eigenvalue weighted by Gasteiger charge is -2.22. The molecule has 0 N–H and O–H groups in total. The van der Waals surface area contributed by atoms with Crippen LogP contribution in [-0.2, 0) is 23.5 Å². The number of halogens is 1. The number of hydrogen-bond acceptors (Lipinski definition) is 3. The van der Waals surface area contributed by atoms with Crippen LogP contribution in [0.1, 0.15) is 30.1 Å². The van der Waals surface area contributed by atoms with E-state index in [0.29, 0.717) is 12.5 Å². The second-order valence-electron chi connectivity index (χ2n) is 4.33. The molecule has 5 nitrogen and oxygen atoms in total. The fourth-order valence-electron chi connectivity index (χ4n) is 2.03. The summed E-state index contributed by atoms with van der Waals surface area (Å²) in [6.07, 6.45) is 2.31. The van der Waals surface area contributed by atoms with E-state index in [-0.39, 0.29) is 13.1 Å². The lowest BCUT2D eigenvalue weighted by molar-refractivity contribution is 0.311. The van der Waals surface area contributed by atoms with Gasteiger partial charge in [0.1, 0.15) is 0 Å². The van der Waals surface area contributed by atoms with Crippen LogP contribution in [0.2, 0.25) is 0 Å². The number of nitrogens with zero attached hydrogens (tertiary/aromatic N) is 3. The molecule has 1 aliphatic heterocycles. The van der Waals surface area contributed by atoms with Gasteiger partial charge in [0, 0.05) is 12.5 Å². The number of fused-ring (bicyclic) bond motifs is 1. The largest absolute Gasteiger partial charge is 0.375 e. The van der Waals surface area contributed by atoms with E-state index in [1.807, 2.05) is 6.07 Å². The summed E-state index contributed by atoms with van der Waals surface area (Å²) >= 11 is 0. The van der Waals surface area contributed by atoms with Gasteiger partial charge in [0.25, 0.3) is 0 Å². The molecular weight excluding hydrogens is 233 g/mol. The van der Waals surface area contributed by atoms with E-state index in [1.165, 1.54) is 0 Å². The Kier molecular flexibility index (Phi) is 2.09. The highest BCUT2D eigenvalue weighted by molar-refractivity contribution is 7.83. The van der Waals surface area contributed by atoms with Crippen molar-refractivity contribution in [3.63, 3.8) is 0 Å². The maximum atomic E-state index is 12.8. The predicted octanol–water partition coefficient (Wildman–Crippen LogP) is 0.790. The molecule has 1 aromatic rings. The van der Waals surface area contributed by atoms with Crippen molar-refractivity contribution < 1.29 is 12.3 Å². The molecule has 1 aromatic heterocycles. The summed E-state index contributed by atoms with van der Waals surface area (Å²) in [6, 6.07) is 1.90. The third kappa shape index (κ3) is 1.73. The van der Waals surface area contributed by atoms with Crippen LogP contribution < -0.4 is 0 Å². The van der Waals surface area contributed by atoms with Gasteiger partial charge in [-0.25, -0.2) is 0 Å². The third-order valence-corrected chi connectivity index (χ3v) is 4.01. The van der Waals surface area contributed by atoms with Crippen molar-refractivity contribution in [3.05, 3.63) is 17.5 Å². The molecule has 0 amide bonds. The van der Waals surface area contributed by atoms with E-state index in [4.69, 9.17) is 0 Å². The summed E-state index contributed by atoms with van der Waals surface area (Å²) in [5.74, 6) is 0.536. The molecule has 0 saturated heterocycles. The molecule has 16 heavy (non-hydrogen) atoms. The predicted molar refractivity (Wildman–Crippen MR) is 54.6 cm³/mol. The number of aromatic nitrogens is 2. The quantitative estimate of drug-likeness (QED) is 0.724. The summed E-state index contributed by atoms with van der Waals surface area (Å²) in [5.41, 5.74) is 1.81. The Balaban J connectivity index is 1.88. The van der Waals surface area contributed by atoms with Gasteiger partial charge >= 0.3 is 10.4 Å². The second kappa shape index (κ2) is 3.27. The molecule has 0 unspecified atom stereocenters. The Labute approximate surface area is 93.2 Å². The zero-order valence-electron chi connectivity index (χ0n) is 8.63. The van der Waals surface area contributed by atoms with Crippen LogP contribution in [0, 0.1) is 0 Å². The topological polar surface area (TPSA) is 55.2 Å². The van der Waals surface area contributed by atoms with Crippen LogP contribution in [0.5, 0.6) is 0 Å². The first-order valence-electron chi connectivity index (χ1n) is 5.30. The van der Waals surface area contributed by atoms with Gasteiger partial charge in [-0.15, -0.1) is 0 Å². The minimum absolute atomic E-state index is 0.0958. The van der Waals surface area contributed by atoms with Crippen LogP contribution in [0.4, 0.5) is 3.89 Å². The average molecular weight is 245 g/mol. The van der Waals surface area contributed by atoms with Gasteiger partial charge in [0.05, 0.1) is 24.5 Å². The number of rotatable bonds is 2. The fourth-order valence-corrected chi connectivity index (χ4v) is 2.62. The van der Waals surface area contributed by atoms with Crippen molar-refractivity contribution in [1.29, 1.82) is 0 Å². The Bertz CT molecular complexity index is 521. The first kappa shape index (κ1) is 10.2. The summed E-state index contributed by atoms with van der Waals surface area (Å²) in [7, 11) is -4.57. The van der Waals surface area contributed by atoms with E-state index in [2.05, 4.69) is 5.10 Å². The van der Waals surface area contributed by atoms with E-state index >= 15 is 0 Å². The number of hydrogen-bond donors (Lipinski definition) is 0. The van der Waals surface area contributed by atoms with E-state index in [0.717, 1.165) is 28.5 Å². The average Bonchev–Trinajstić information content (AvgIpc) is 2.96. The van der Waals surface area contributed by atoms with Gasteiger partial charge in [0.15, 0.2) is 0 Å². The van der Waals surface area contributed by atoms with Crippen molar-refractivity contribution >= 4 is 10.4 Å². The maximum absolute atomic E-state index is 12.8. The van der Waals surface area contributed by atoms with Gasteiger partial charge in [-0.05, 0) is 18.9 Å². The highest BCUT2D eigenvalue weighted by Gasteiger charge is 2.31. The lowest BCUT2D eigenvalue weighted by atomic mass is 10.2. The highest BCUT2D eigenvalue weighted by Crippen LogP contribution is 2.39. The van der Waals surface area contributed by atoms with E-state index in [9.17, 15) is 12.3 Å². The molecule has 7 heteroatoms. The molecule has 0 bridgehead atoms. The molecule has 3 rings (SSSR count). The van der Waals surface area contributed by atoms with Gasteiger partial charge in [-0.3, -0.25) is 4.68 Å². The fraction of sp³-hybridized carbons (Fsp3) is 0.667. The van der Waals surface area contributed by atoms with Crippen LogP contribution in [-0.4, -0.2) is 29.0 Å². The molecule has 0 radical (unpaired) electrons. The Morgan fingerprint density at radius 1 is 1.38 bits per heavy atom. The SMILES string of the molecule is O=S(=O)(F)N1CCn2nc(C3CC3)cc2C1. The van der Waals surface area contributed by atoms with Gasteiger partial charge in [-0.1, -0.05) is 3.89 Å². The molecule has 2 heterocycles. The minimum Gasteiger partial charge on any atom is -0.267 e. The Morgan fingerprint density at radius 3 is 2.75 bits per heavy atom. The molecule has 2 aliphatic rings. The molecule has 88 valence electrons. The second-order valence-corrected chi connectivity index (χ2v) is 5.67. The maximum Gasteiger partial charge on any atom is 0.375 e. The first-order chi connectivity index (χ1) is 7.54. The summed E-state index contributed by atoms with van der Waals surface area (Å²) < 4.78 is 37.0. The van der Waals surface area contributed by atoms with Crippen molar-refractivity contribution in [2.75, 3.05) is 6.54 Å². The summed E-state index contributed by atoms with van der Waals surface area (Å²) in [4.78, 5) is 0. The minimum atomic E-state index is -4.57. The molecule has 0 spiro atoms. The molecule has 1 fully saturated rings. The monoisotopic (exact) mass is 245 g/mol. The summed E-state index contributed by atoms with van der Waals surface area (Å²) in [5, 5.41) is 4.40. The van der Waals surface area contributed by atoms with Crippen LogP contribution >= 0.6 is 0 Å². The van der Waals surface area contributed by atoms with Gasteiger partial charge in [0.2, 0.25) is 0 Å². The zero-order chi connectivity index (χ0) is 11.3. The normalized spacial score (nSPS) is 22.1. The summed E-state index contributed by atoms with van der Waals surface area (Å²) in [6.45, 7) is 0.696. The van der Waals surface area contributed by atoms with Crippen LogP contribution in [0.25, 0.3) is 0 Å². The smallest absolute Gasteiger partial charge is 0.267 e. The highest BCUT2D eigenvalue weighted by atomic mass is 32.3. The zero-order valence-corrected chi connectivity index (χ0v) is 9.45. The van der Waals surface area contributed by atoms with E-state index in [1.54, 1.807) is 4.68 Å². The Hall–Kier alpha value is -0.950. The third-order valence-electron chi connectivity index (χ3n) is 3.09. The van der Waals surface area contributed by atoms with Crippen molar-refractivity contribution in [3.8, 4) is 0 Å². The molecule has 1 aliphatic carbocycles. The van der Waals surface area contributed by atoms with Crippen molar-refractivity contribution in [2.24, 2.45) is 0 Å². The molecule has 0 aromatic carbocycles. The van der Waals surface area contributed by atoms with Crippen molar-refractivity contribution in [2.45, 2.75) is 31.8 Å². The molecule has 0 atom stereocenters. The van der Waals surface area contributed by atoms with E-state index < -0.39 is 10.4 Å². The standard InChI is InChI=1S/C9H12FN3O2S/c10-16(14,15)12-3-4-13-8(6-12)5-9(11-13)7-1-2-7/h5,7H,1-4,6H2.